The highest BCUT2D eigenvalue weighted by molar-refractivity contribution is 7.92. The maximum Gasteiger partial charge on any atom is 0.341 e. The van der Waals surface area contributed by atoms with Crippen molar-refractivity contribution in [3.63, 3.8) is 0 Å². The largest absolute Gasteiger partial charge is 0.465 e. The van der Waals surface area contributed by atoms with Gasteiger partial charge in [-0.25, -0.2) is 13.2 Å². The van der Waals surface area contributed by atoms with Gasteiger partial charge in [0, 0.05) is 17.0 Å². The van der Waals surface area contributed by atoms with Crippen LogP contribution in [0.3, 0.4) is 0 Å². The first-order chi connectivity index (χ1) is 17.4. The van der Waals surface area contributed by atoms with E-state index in [0.29, 0.717) is 28.4 Å². The third-order valence-corrected chi connectivity index (χ3v) is 9.84. The van der Waals surface area contributed by atoms with Gasteiger partial charge in [0.2, 0.25) is 0 Å². The van der Waals surface area contributed by atoms with Crippen LogP contribution in [0.1, 0.15) is 62.4 Å². The first kappa shape index (κ1) is 24.5. The van der Waals surface area contributed by atoms with E-state index in [1.807, 2.05) is 24.3 Å². The summed E-state index contributed by atoms with van der Waals surface area (Å²) < 4.78 is 33.2. The van der Waals surface area contributed by atoms with Gasteiger partial charge in [-0.3, -0.25) is 9.10 Å². The minimum absolute atomic E-state index is 0.133. The maximum atomic E-state index is 13.4. The molecule has 1 N–H and O–H groups in total. The summed E-state index contributed by atoms with van der Waals surface area (Å²) in [5.74, 6) is -0.850. The van der Waals surface area contributed by atoms with Crippen molar-refractivity contribution >= 4 is 43.9 Å². The van der Waals surface area contributed by atoms with Gasteiger partial charge >= 0.3 is 5.97 Å². The molecule has 0 unspecified atom stereocenters. The molecule has 1 aromatic heterocycles. The Morgan fingerprint density at radius 2 is 1.69 bits per heavy atom. The van der Waals surface area contributed by atoms with E-state index in [-0.39, 0.29) is 4.90 Å². The highest BCUT2D eigenvalue weighted by atomic mass is 32.2. The number of benzene rings is 2. The molecule has 7 nitrogen and oxygen atoms in total. The van der Waals surface area contributed by atoms with Gasteiger partial charge in [0.05, 0.1) is 23.3 Å². The number of amides is 1. The summed E-state index contributed by atoms with van der Waals surface area (Å²) in [6.07, 6.45) is 6.44. The maximum absolute atomic E-state index is 13.4. The van der Waals surface area contributed by atoms with E-state index in [9.17, 15) is 18.0 Å². The molecule has 1 aliphatic carbocycles. The SMILES string of the molecule is COC(=O)c1c(NC(=O)c2ccc(S(=O)(=O)N3CCCc4ccccc43)cc2)sc2c1CCCCC2. The molecule has 0 spiro atoms. The predicted octanol–water partition coefficient (Wildman–Crippen LogP) is 5.20. The van der Waals surface area contributed by atoms with E-state index in [4.69, 9.17) is 4.74 Å². The van der Waals surface area contributed by atoms with Crippen molar-refractivity contribution in [2.75, 3.05) is 23.3 Å². The summed E-state index contributed by atoms with van der Waals surface area (Å²) >= 11 is 1.43. The van der Waals surface area contributed by atoms with E-state index >= 15 is 0 Å². The lowest BCUT2D eigenvalue weighted by Crippen LogP contribution is -2.35. The third kappa shape index (κ3) is 4.53. The molecule has 2 aliphatic rings. The van der Waals surface area contributed by atoms with Crippen LogP contribution in [-0.4, -0.2) is 33.9 Å². The van der Waals surface area contributed by atoms with Crippen LogP contribution in [-0.2, 0) is 34.0 Å². The summed E-state index contributed by atoms with van der Waals surface area (Å²) in [5, 5.41) is 3.36. The Morgan fingerprint density at radius 3 is 2.47 bits per heavy atom. The monoisotopic (exact) mass is 524 g/mol. The number of ether oxygens (including phenoxy) is 1. The van der Waals surface area contributed by atoms with E-state index in [0.717, 1.165) is 60.9 Å². The molecule has 0 fully saturated rings. The van der Waals surface area contributed by atoms with Crippen LogP contribution < -0.4 is 9.62 Å². The molecule has 1 aliphatic heterocycles. The Bertz CT molecular complexity index is 1410. The van der Waals surface area contributed by atoms with Crippen LogP contribution >= 0.6 is 11.3 Å². The predicted molar refractivity (Wildman–Crippen MR) is 141 cm³/mol. The second-order valence-electron chi connectivity index (χ2n) is 9.05. The fourth-order valence-electron chi connectivity index (χ4n) is 4.98. The molecule has 2 heterocycles. The molecule has 5 rings (SSSR count). The number of para-hydroxylation sites is 1. The van der Waals surface area contributed by atoms with E-state index in [1.165, 1.54) is 47.0 Å². The lowest BCUT2D eigenvalue weighted by Gasteiger charge is -2.30. The van der Waals surface area contributed by atoms with Gasteiger partial charge in [-0.05, 0) is 80.0 Å². The molecule has 0 saturated carbocycles. The van der Waals surface area contributed by atoms with Crippen LogP contribution in [0.5, 0.6) is 0 Å². The van der Waals surface area contributed by atoms with Crippen LogP contribution in [0, 0.1) is 0 Å². The number of rotatable bonds is 5. The highest BCUT2D eigenvalue weighted by Crippen LogP contribution is 2.38. The summed E-state index contributed by atoms with van der Waals surface area (Å²) in [6, 6.07) is 13.5. The first-order valence-electron chi connectivity index (χ1n) is 12.1. The Balaban J connectivity index is 1.39. The van der Waals surface area contributed by atoms with E-state index in [1.54, 1.807) is 0 Å². The zero-order chi connectivity index (χ0) is 25.3. The quantitative estimate of drug-likeness (QED) is 0.366. The standard InChI is InChI=1S/C27H28N2O5S2/c1-34-27(31)24-21-10-3-2-4-12-23(21)35-26(24)28-25(30)19-13-15-20(16-14-19)36(32,33)29-17-7-9-18-8-5-6-11-22(18)29/h5-6,8,11,13-16H,2-4,7,9-10,12,17H2,1H3,(H,28,30). The number of hydrogen-bond donors (Lipinski definition) is 1. The topological polar surface area (TPSA) is 92.8 Å². The molecule has 2 aromatic carbocycles. The van der Waals surface area contributed by atoms with Crippen molar-refractivity contribution in [2.45, 2.75) is 49.8 Å². The Hall–Kier alpha value is -3.17. The number of esters is 1. The van der Waals surface area contributed by atoms with Crippen LogP contribution in [0.2, 0.25) is 0 Å². The number of nitrogens with one attached hydrogen (secondary N) is 1. The Labute approximate surface area is 215 Å². The van der Waals surface area contributed by atoms with Crippen molar-refractivity contribution in [1.82, 2.24) is 0 Å². The number of thiophene rings is 1. The third-order valence-electron chi connectivity index (χ3n) is 6.81. The van der Waals surface area contributed by atoms with Crippen molar-refractivity contribution in [2.24, 2.45) is 0 Å². The summed E-state index contributed by atoms with van der Waals surface area (Å²) in [6.45, 7) is 0.418. The average molecular weight is 525 g/mol. The number of carbonyl (C=O) groups is 2. The van der Waals surface area contributed by atoms with Gasteiger partial charge in [0.1, 0.15) is 5.00 Å². The van der Waals surface area contributed by atoms with Crippen molar-refractivity contribution in [3.8, 4) is 0 Å². The molecule has 1 amide bonds. The van der Waals surface area contributed by atoms with Crippen molar-refractivity contribution in [1.29, 1.82) is 0 Å². The molecular formula is C27H28N2O5S2. The van der Waals surface area contributed by atoms with Gasteiger partial charge in [0.25, 0.3) is 15.9 Å². The minimum atomic E-state index is -3.76. The average Bonchev–Trinajstić information content (AvgIpc) is 3.07. The number of aryl methyl sites for hydroxylation is 2. The second kappa shape index (κ2) is 10.1. The lowest BCUT2D eigenvalue weighted by atomic mass is 10.0. The molecule has 9 heteroatoms. The van der Waals surface area contributed by atoms with Gasteiger partial charge < -0.3 is 10.1 Å². The number of hydrogen-bond acceptors (Lipinski definition) is 6. The zero-order valence-electron chi connectivity index (χ0n) is 20.1. The number of carbonyl (C=O) groups excluding carboxylic acids is 2. The smallest absolute Gasteiger partial charge is 0.341 e. The number of methoxy groups -OCH3 is 1. The van der Waals surface area contributed by atoms with Gasteiger partial charge in [0.15, 0.2) is 0 Å². The number of nitrogens with zero attached hydrogens (tertiary/aromatic N) is 1. The van der Waals surface area contributed by atoms with Crippen LogP contribution in [0.4, 0.5) is 10.7 Å². The van der Waals surface area contributed by atoms with Gasteiger partial charge in [-0.15, -0.1) is 11.3 Å². The second-order valence-corrected chi connectivity index (χ2v) is 12.0. The first-order valence-corrected chi connectivity index (χ1v) is 14.4. The molecule has 0 radical (unpaired) electrons. The van der Waals surface area contributed by atoms with E-state index in [2.05, 4.69) is 5.32 Å². The molecular weight excluding hydrogens is 496 g/mol. The summed E-state index contributed by atoms with van der Waals surface area (Å²) in [4.78, 5) is 26.9. The normalized spacial score (nSPS) is 15.4. The van der Waals surface area contributed by atoms with Gasteiger partial charge in [-0.2, -0.15) is 0 Å². The fourth-order valence-corrected chi connectivity index (χ4v) is 7.79. The van der Waals surface area contributed by atoms with E-state index < -0.39 is 21.9 Å². The summed E-state index contributed by atoms with van der Waals surface area (Å²) in [7, 11) is -2.42. The zero-order valence-corrected chi connectivity index (χ0v) is 21.7. The molecule has 0 atom stereocenters. The number of sulfonamides is 1. The molecule has 0 saturated heterocycles. The number of fused-ring (bicyclic) bond motifs is 2. The highest BCUT2D eigenvalue weighted by Gasteiger charge is 2.30. The number of anilines is 2. The Morgan fingerprint density at radius 1 is 0.944 bits per heavy atom. The summed E-state index contributed by atoms with van der Waals surface area (Å²) in [5.41, 5.74) is 3.45. The van der Waals surface area contributed by atoms with Gasteiger partial charge in [-0.1, -0.05) is 24.6 Å². The fraction of sp³-hybridized carbons (Fsp3) is 0.333. The molecule has 0 bridgehead atoms. The Kier molecular flexibility index (Phi) is 6.85. The van der Waals surface area contributed by atoms with Crippen molar-refractivity contribution < 1.29 is 22.7 Å². The molecule has 188 valence electrons. The van der Waals surface area contributed by atoms with Crippen LogP contribution in [0.25, 0.3) is 0 Å². The molecule has 3 aromatic rings. The minimum Gasteiger partial charge on any atom is -0.465 e. The molecule has 36 heavy (non-hydrogen) atoms. The van der Waals surface area contributed by atoms with Crippen molar-refractivity contribution in [3.05, 3.63) is 75.7 Å². The van der Waals surface area contributed by atoms with Crippen LogP contribution in [0.15, 0.2) is 53.4 Å². The lowest BCUT2D eigenvalue weighted by molar-refractivity contribution is 0.0601.